The molecule has 1 aliphatic heterocycles. The van der Waals surface area contributed by atoms with Gasteiger partial charge in [-0.3, -0.25) is 9.78 Å². The maximum absolute atomic E-state index is 12.8. The second kappa shape index (κ2) is 6.01. The fourth-order valence-corrected chi connectivity index (χ4v) is 3.17. The minimum Gasteiger partial charge on any atom is -0.441 e. The highest BCUT2D eigenvalue weighted by Crippen LogP contribution is 2.37. The molecule has 1 aliphatic carbocycles. The van der Waals surface area contributed by atoms with E-state index in [1.807, 2.05) is 12.1 Å². The van der Waals surface area contributed by atoms with E-state index >= 15 is 0 Å². The maximum Gasteiger partial charge on any atom is 0.257 e. The van der Waals surface area contributed by atoms with Gasteiger partial charge >= 0.3 is 0 Å². The van der Waals surface area contributed by atoms with Crippen molar-refractivity contribution in [3.8, 4) is 11.5 Å². The lowest BCUT2D eigenvalue weighted by molar-refractivity contribution is 0.0727. The molecule has 7 nitrogen and oxygen atoms in total. The zero-order valence-electron chi connectivity index (χ0n) is 14.1. The molecule has 1 saturated carbocycles. The molecule has 130 valence electrons. The van der Waals surface area contributed by atoms with Gasteiger partial charge in [0.05, 0.1) is 17.7 Å². The molecule has 5 rings (SSSR count). The molecule has 0 radical (unpaired) electrons. The molecule has 3 aromatic heterocycles. The molecule has 4 heterocycles. The molecule has 2 aliphatic rings. The SMILES string of the molecule is O=C(c1cnc(C2CC2)nc1)N1CCc2oc(-c3cccnc3)nc2C1. The van der Waals surface area contributed by atoms with E-state index in [0.717, 1.165) is 35.7 Å². The first-order valence-corrected chi connectivity index (χ1v) is 8.78. The zero-order valence-corrected chi connectivity index (χ0v) is 14.1. The first kappa shape index (κ1) is 15.2. The molecule has 7 heteroatoms. The van der Waals surface area contributed by atoms with E-state index in [4.69, 9.17) is 4.42 Å². The molecule has 1 amide bonds. The third-order valence-electron chi connectivity index (χ3n) is 4.78. The predicted octanol–water partition coefficient (Wildman–Crippen LogP) is 2.60. The fourth-order valence-electron chi connectivity index (χ4n) is 3.17. The number of amides is 1. The van der Waals surface area contributed by atoms with E-state index in [-0.39, 0.29) is 5.91 Å². The van der Waals surface area contributed by atoms with E-state index < -0.39 is 0 Å². The minimum absolute atomic E-state index is 0.0658. The van der Waals surface area contributed by atoms with Gasteiger partial charge in [0, 0.05) is 43.7 Å². The summed E-state index contributed by atoms with van der Waals surface area (Å²) in [5, 5.41) is 0. The van der Waals surface area contributed by atoms with Gasteiger partial charge in [-0.2, -0.15) is 0 Å². The van der Waals surface area contributed by atoms with Crippen LogP contribution in [0.5, 0.6) is 0 Å². The summed E-state index contributed by atoms with van der Waals surface area (Å²) in [6.07, 6.45) is 9.66. The van der Waals surface area contributed by atoms with Gasteiger partial charge in [0.2, 0.25) is 5.89 Å². The van der Waals surface area contributed by atoms with Crippen molar-refractivity contribution in [1.82, 2.24) is 24.8 Å². The molecule has 26 heavy (non-hydrogen) atoms. The van der Waals surface area contributed by atoms with Crippen molar-refractivity contribution >= 4 is 5.91 Å². The highest BCUT2D eigenvalue weighted by Gasteiger charge is 2.29. The summed E-state index contributed by atoms with van der Waals surface area (Å²) in [5.74, 6) is 2.66. The first-order valence-electron chi connectivity index (χ1n) is 8.78. The monoisotopic (exact) mass is 347 g/mol. The van der Waals surface area contributed by atoms with Crippen molar-refractivity contribution in [2.75, 3.05) is 6.54 Å². The van der Waals surface area contributed by atoms with Crippen molar-refractivity contribution in [2.45, 2.75) is 31.7 Å². The van der Waals surface area contributed by atoms with Crippen LogP contribution in [0, 0.1) is 0 Å². The Balaban J connectivity index is 1.35. The number of carbonyl (C=O) groups excluding carboxylic acids is 1. The van der Waals surface area contributed by atoms with Gasteiger partial charge in [0.15, 0.2) is 0 Å². The normalized spacial score (nSPS) is 16.4. The van der Waals surface area contributed by atoms with Gasteiger partial charge < -0.3 is 9.32 Å². The summed E-state index contributed by atoms with van der Waals surface area (Å²) in [7, 11) is 0. The lowest BCUT2D eigenvalue weighted by Crippen LogP contribution is -2.36. The summed E-state index contributed by atoms with van der Waals surface area (Å²) < 4.78 is 5.86. The van der Waals surface area contributed by atoms with Crippen LogP contribution in [0.4, 0.5) is 0 Å². The quantitative estimate of drug-likeness (QED) is 0.724. The Kier molecular flexibility index (Phi) is 3.51. The second-order valence-electron chi connectivity index (χ2n) is 6.71. The van der Waals surface area contributed by atoms with Crippen LogP contribution in [0.2, 0.25) is 0 Å². The van der Waals surface area contributed by atoms with E-state index in [9.17, 15) is 4.79 Å². The maximum atomic E-state index is 12.8. The Bertz CT molecular complexity index is 948. The summed E-state index contributed by atoms with van der Waals surface area (Å²) in [4.78, 5) is 31.9. The van der Waals surface area contributed by atoms with Crippen LogP contribution in [0.15, 0.2) is 41.3 Å². The summed E-state index contributed by atoms with van der Waals surface area (Å²) >= 11 is 0. The highest BCUT2D eigenvalue weighted by molar-refractivity contribution is 5.93. The van der Waals surface area contributed by atoms with Crippen LogP contribution in [-0.4, -0.2) is 37.3 Å². The largest absolute Gasteiger partial charge is 0.441 e. The average molecular weight is 347 g/mol. The second-order valence-corrected chi connectivity index (χ2v) is 6.71. The van der Waals surface area contributed by atoms with Crippen LogP contribution in [0.25, 0.3) is 11.5 Å². The van der Waals surface area contributed by atoms with Gasteiger partial charge in [0.25, 0.3) is 5.91 Å². The number of pyridine rings is 1. The van der Waals surface area contributed by atoms with Gasteiger partial charge in [-0.05, 0) is 25.0 Å². The molecule has 0 saturated heterocycles. The fraction of sp³-hybridized carbons (Fsp3) is 0.316. The Hall–Kier alpha value is -3.09. The van der Waals surface area contributed by atoms with Crippen molar-refractivity contribution in [3.63, 3.8) is 0 Å². The Labute approximate surface area is 150 Å². The smallest absolute Gasteiger partial charge is 0.257 e. The van der Waals surface area contributed by atoms with Crippen molar-refractivity contribution < 1.29 is 9.21 Å². The number of fused-ring (bicyclic) bond motifs is 1. The summed E-state index contributed by atoms with van der Waals surface area (Å²) in [5.41, 5.74) is 2.16. The average Bonchev–Trinajstić information content (AvgIpc) is 3.46. The predicted molar refractivity (Wildman–Crippen MR) is 92.2 cm³/mol. The molecule has 0 spiro atoms. The molecule has 3 aromatic rings. The number of rotatable bonds is 3. The van der Waals surface area contributed by atoms with E-state index in [1.165, 1.54) is 0 Å². The zero-order chi connectivity index (χ0) is 17.5. The molecule has 0 atom stereocenters. The molecule has 0 bridgehead atoms. The van der Waals surface area contributed by atoms with Crippen LogP contribution >= 0.6 is 0 Å². The Morgan fingerprint density at radius 1 is 1.19 bits per heavy atom. The van der Waals surface area contributed by atoms with Crippen molar-refractivity contribution in [1.29, 1.82) is 0 Å². The summed E-state index contributed by atoms with van der Waals surface area (Å²) in [6, 6.07) is 3.76. The van der Waals surface area contributed by atoms with Gasteiger partial charge in [0.1, 0.15) is 17.3 Å². The van der Waals surface area contributed by atoms with E-state index in [2.05, 4.69) is 19.9 Å². The molecular weight excluding hydrogens is 330 g/mol. The van der Waals surface area contributed by atoms with Crippen LogP contribution < -0.4 is 0 Å². The molecular formula is C19H17N5O2. The molecule has 0 unspecified atom stereocenters. The van der Waals surface area contributed by atoms with E-state index in [0.29, 0.717) is 36.9 Å². The van der Waals surface area contributed by atoms with Crippen molar-refractivity contribution in [3.05, 3.63) is 59.8 Å². The number of aromatic nitrogens is 4. The Morgan fingerprint density at radius 3 is 2.77 bits per heavy atom. The number of oxazole rings is 1. The number of hydrogen-bond donors (Lipinski definition) is 0. The molecule has 0 N–H and O–H groups in total. The van der Waals surface area contributed by atoms with Crippen LogP contribution in [0.3, 0.4) is 0 Å². The topological polar surface area (TPSA) is 85.0 Å². The van der Waals surface area contributed by atoms with E-state index in [1.54, 1.807) is 29.7 Å². The van der Waals surface area contributed by atoms with Crippen LogP contribution in [-0.2, 0) is 13.0 Å². The number of nitrogens with zero attached hydrogens (tertiary/aromatic N) is 5. The van der Waals surface area contributed by atoms with Crippen LogP contribution in [0.1, 0.15) is 46.4 Å². The number of carbonyl (C=O) groups is 1. The number of hydrogen-bond acceptors (Lipinski definition) is 6. The highest BCUT2D eigenvalue weighted by atomic mass is 16.4. The summed E-state index contributed by atoms with van der Waals surface area (Å²) in [6.45, 7) is 1.03. The first-order chi connectivity index (χ1) is 12.8. The molecule has 0 aromatic carbocycles. The third kappa shape index (κ3) is 2.75. The Morgan fingerprint density at radius 2 is 2.04 bits per heavy atom. The lowest BCUT2D eigenvalue weighted by atomic mass is 10.1. The van der Waals surface area contributed by atoms with Crippen molar-refractivity contribution in [2.24, 2.45) is 0 Å². The van der Waals surface area contributed by atoms with Gasteiger partial charge in [-0.25, -0.2) is 15.0 Å². The lowest BCUT2D eigenvalue weighted by Gasteiger charge is -2.25. The third-order valence-corrected chi connectivity index (χ3v) is 4.78. The minimum atomic E-state index is -0.0658. The van der Waals surface area contributed by atoms with Gasteiger partial charge in [-0.15, -0.1) is 0 Å². The van der Waals surface area contributed by atoms with Gasteiger partial charge in [-0.1, -0.05) is 0 Å². The standard InChI is InChI=1S/C19H17N5O2/c25-19(14-9-21-17(22-10-14)12-3-4-12)24-7-5-16-15(11-24)23-18(26-16)13-2-1-6-20-8-13/h1-2,6,8-10,12H,3-5,7,11H2. The molecule has 1 fully saturated rings.